The molecule has 1 aliphatic rings. The van der Waals surface area contributed by atoms with Crippen LogP contribution in [0.15, 0.2) is 48.5 Å². The van der Waals surface area contributed by atoms with E-state index in [-0.39, 0.29) is 23.8 Å². The van der Waals surface area contributed by atoms with Gasteiger partial charge in [0.05, 0.1) is 18.6 Å². The number of halogens is 1. The fourth-order valence-corrected chi connectivity index (χ4v) is 3.73. The first-order chi connectivity index (χ1) is 14.4. The van der Waals surface area contributed by atoms with E-state index < -0.39 is 0 Å². The van der Waals surface area contributed by atoms with Crippen molar-refractivity contribution in [2.75, 3.05) is 13.1 Å². The Morgan fingerprint density at radius 2 is 1.83 bits per heavy atom. The molecule has 1 saturated heterocycles. The van der Waals surface area contributed by atoms with Gasteiger partial charge in [0.2, 0.25) is 5.91 Å². The molecule has 0 aromatic heterocycles. The van der Waals surface area contributed by atoms with Crippen LogP contribution < -0.4 is 5.32 Å². The van der Waals surface area contributed by atoms with Crippen LogP contribution in [0.2, 0.25) is 5.02 Å². The second kappa shape index (κ2) is 10.6. The lowest BCUT2D eigenvalue weighted by atomic mass is 9.96. The number of likely N-dealkylation sites (tertiary alicyclic amines) is 1. The predicted molar refractivity (Wildman–Crippen MR) is 118 cm³/mol. The fraction of sp³-hybridized carbons (Fsp3) is 0.417. The van der Waals surface area contributed by atoms with Gasteiger partial charge < -0.3 is 15.0 Å². The lowest BCUT2D eigenvalue weighted by molar-refractivity contribution is -0.126. The Hall–Kier alpha value is -2.37. The van der Waals surface area contributed by atoms with Crippen LogP contribution in [-0.2, 0) is 22.7 Å². The van der Waals surface area contributed by atoms with Gasteiger partial charge in [0.1, 0.15) is 0 Å². The zero-order chi connectivity index (χ0) is 21.5. The minimum absolute atomic E-state index is 0.0109. The molecule has 2 aromatic rings. The van der Waals surface area contributed by atoms with Gasteiger partial charge in [-0.25, -0.2) is 0 Å². The quantitative estimate of drug-likeness (QED) is 0.709. The number of benzene rings is 2. The second-order valence-electron chi connectivity index (χ2n) is 7.94. The average molecular weight is 429 g/mol. The molecule has 6 heteroatoms. The van der Waals surface area contributed by atoms with Gasteiger partial charge in [0.25, 0.3) is 5.91 Å². The highest BCUT2D eigenvalue weighted by molar-refractivity contribution is 6.30. The van der Waals surface area contributed by atoms with E-state index in [1.807, 2.05) is 38.1 Å². The van der Waals surface area contributed by atoms with Gasteiger partial charge in [-0.1, -0.05) is 35.9 Å². The molecule has 0 aliphatic carbocycles. The van der Waals surface area contributed by atoms with Crippen molar-refractivity contribution >= 4 is 23.4 Å². The molecule has 1 atom stereocenters. The Morgan fingerprint density at radius 3 is 2.53 bits per heavy atom. The third-order valence-electron chi connectivity index (χ3n) is 5.31. The normalized spacial score (nSPS) is 16.5. The Morgan fingerprint density at radius 1 is 1.13 bits per heavy atom. The number of nitrogens with one attached hydrogen (secondary N) is 1. The summed E-state index contributed by atoms with van der Waals surface area (Å²) in [6.07, 6.45) is 1.75. The lowest BCUT2D eigenvalue weighted by Gasteiger charge is -2.32. The molecule has 1 unspecified atom stereocenters. The summed E-state index contributed by atoms with van der Waals surface area (Å²) in [5.41, 5.74) is 2.73. The van der Waals surface area contributed by atoms with E-state index in [4.69, 9.17) is 16.3 Å². The van der Waals surface area contributed by atoms with E-state index in [9.17, 15) is 9.59 Å². The van der Waals surface area contributed by atoms with Crippen LogP contribution in [0.25, 0.3) is 0 Å². The molecule has 5 nitrogen and oxygen atoms in total. The number of nitrogens with zero attached hydrogens (tertiary/aromatic N) is 1. The Kier molecular flexibility index (Phi) is 7.88. The summed E-state index contributed by atoms with van der Waals surface area (Å²) in [6, 6.07) is 14.9. The summed E-state index contributed by atoms with van der Waals surface area (Å²) < 4.78 is 5.72. The molecular weight excluding hydrogens is 400 g/mol. The highest BCUT2D eigenvalue weighted by Crippen LogP contribution is 2.20. The maximum atomic E-state index is 12.8. The standard InChI is InChI=1S/C24H29ClN2O3/c1-17(2)30-16-21-7-4-3-6-19(21)14-26-23(28)20-8-5-13-27(15-20)24(29)18-9-11-22(25)12-10-18/h3-4,6-7,9-12,17,20H,5,8,13-16H2,1-2H3,(H,26,28). The SMILES string of the molecule is CC(C)OCc1ccccc1CNC(=O)C1CCCN(C(=O)c2ccc(Cl)cc2)C1. The molecule has 0 saturated carbocycles. The van der Waals surface area contributed by atoms with Crippen molar-refractivity contribution < 1.29 is 14.3 Å². The van der Waals surface area contributed by atoms with Crippen molar-refractivity contribution in [2.45, 2.75) is 45.9 Å². The molecule has 1 fully saturated rings. The van der Waals surface area contributed by atoms with Crippen LogP contribution >= 0.6 is 11.6 Å². The van der Waals surface area contributed by atoms with E-state index in [1.165, 1.54) is 0 Å². The van der Waals surface area contributed by atoms with Crippen molar-refractivity contribution in [1.82, 2.24) is 10.2 Å². The summed E-state index contributed by atoms with van der Waals surface area (Å²) >= 11 is 5.91. The number of ether oxygens (including phenoxy) is 1. The molecule has 30 heavy (non-hydrogen) atoms. The first kappa shape index (κ1) is 22.3. The summed E-state index contributed by atoms with van der Waals surface area (Å²) in [6.45, 7) is 6.09. The van der Waals surface area contributed by atoms with Crippen LogP contribution in [0.1, 0.15) is 48.2 Å². The number of rotatable bonds is 7. The zero-order valence-electron chi connectivity index (χ0n) is 17.6. The molecule has 1 heterocycles. The second-order valence-corrected chi connectivity index (χ2v) is 8.38. The largest absolute Gasteiger partial charge is 0.374 e. The molecule has 2 amide bonds. The van der Waals surface area contributed by atoms with Crippen LogP contribution in [0.3, 0.4) is 0 Å². The zero-order valence-corrected chi connectivity index (χ0v) is 18.3. The number of amides is 2. The lowest BCUT2D eigenvalue weighted by Crippen LogP contribution is -2.45. The Bertz CT molecular complexity index is 867. The van der Waals surface area contributed by atoms with Crippen LogP contribution in [0.5, 0.6) is 0 Å². The first-order valence-corrected chi connectivity index (χ1v) is 10.8. The van der Waals surface area contributed by atoms with E-state index >= 15 is 0 Å². The Balaban J connectivity index is 1.57. The van der Waals surface area contributed by atoms with Gasteiger partial charge in [-0.05, 0) is 62.1 Å². The molecule has 1 N–H and O–H groups in total. The molecule has 3 rings (SSSR count). The highest BCUT2D eigenvalue weighted by atomic mass is 35.5. The molecule has 1 aliphatic heterocycles. The minimum atomic E-state index is -0.200. The molecule has 2 aromatic carbocycles. The predicted octanol–water partition coefficient (Wildman–Crippen LogP) is 4.43. The average Bonchev–Trinajstić information content (AvgIpc) is 2.76. The fourth-order valence-electron chi connectivity index (χ4n) is 3.60. The third-order valence-corrected chi connectivity index (χ3v) is 5.57. The van der Waals surface area contributed by atoms with Crippen LogP contribution in [-0.4, -0.2) is 35.9 Å². The van der Waals surface area contributed by atoms with Crippen molar-refractivity contribution in [3.63, 3.8) is 0 Å². The van der Waals surface area contributed by atoms with Crippen LogP contribution in [0, 0.1) is 5.92 Å². The third kappa shape index (κ3) is 6.07. The van der Waals surface area contributed by atoms with Gasteiger partial charge in [0.15, 0.2) is 0 Å². The highest BCUT2D eigenvalue weighted by Gasteiger charge is 2.28. The number of carbonyl (C=O) groups is 2. The molecular formula is C24H29ClN2O3. The van der Waals surface area contributed by atoms with Crippen molar-refractivity contribution in [1.29, 1.82) is 0 Å². The summed E-state index contributed by atoms with van der Waals surface area (Å²) in [5, 5.41) is 3.65. The Labute approximate surface area is 183 Å². The maximum Gasteiger partial charge on any atom is 0.253 e. The smallest absolute Gasteiger partial charge is 0.253 e. The monoisotopic (exact) mass is 428 g/mol. The van der Waals surface area contributed by atoms with Crippen molar-refractivity contribution in [3.8, 4) is 0 Å². The number of hydrogen-bond acceptors (Lipinski definition) is 3. The van der Waals surface area contributed by atoms with Gasteiger partial charge in [0, 0.05) is 30.2 Å². The molecule has 0 spiro atoms. The number of hydrogen-bond donors (Lipinski definition) is 1. The van der Waals surface area contributed by atoms with Gasteiger partial charge >= 0.3 is 0 Å². The van der Waals surface area contributed by atoms with E-state index in [0.717, 1.165) is 24.0 Å². The molecule has 0 bridgehead atoms. The summed E-state index contributed by atoms with van der Waals surface area (Å²) in [7, 11) is 0. The number of piperidine rings is 1. The van der Waals surface area contributed by atoms with Crippen molar-refractivity contribution in [3.05, 3.63) is 70.2 Å². The van der Waals surface area contributed by atoms with Crippen molar-refractivity contribution in [2.24, 2.45) is 5.92 Å². The molecule has 0 radical (unpaired) electrons. The maximum absolute atomic E-state index is 12.8. The summed E-state index contributed by atoms with van der Waals surface area (Å²) in [5.74, 6) is -0.266. The molecule has 160 valence electrons. The van der Waals surface area contributed by atoms with Gasteiger partial charge in [-0.15, -0.1) is 0 Å². The van der Waals surface area contributed by atoms with Gasteiger partial charge in [-0.3, -0.25) is 9.59 Å². The minimum Gasteiger partial charge on any atom is -0.374 e. The van der Waals surface area contributed by atoms with E-state index in [0.29, 0.717) is 36.8 Å². The van der Waals surface area contributed by atoms with E-state index in [1.54, 1.807) is 29.2 Å². The van der Waals surface area contributed by atoms with Crippen LogP contribution in [0.4, 0.5) is 0 Å². The number of carbonyl (C=O) groups excluding carboxylic acids is 2. The first-order valence-electron chi connectivity index (χ1n) is 10.4. The van der Waals surface area contributed by atoms with Gasteiger partial charge in [-0.2, -0.15) is 0 Å². The van der Waals surface area contributed by atoms with E-state index in [2.05, 4.69) is 5.32 Å². The topological polar surface area (TPSA) is 58.6 Å². The summed E-state index contributed by atoms with van der Waals surface area (Å²) in [4.78, 5) is 27.3.